The number of rotatable bonds is 5. The molecule has 1 amide bonds. The van der Waals surface area contributed by atoms with Crippen LogP contribution >= 0.6 is 11.6 Å². The molecule has 0 bridgehead atoms. The van der Waals surface area contributed by atoms with E-state index in [1.54, 1.807) is 26.2 Å². The molecule has 1 aromatic carbocycles. The third-order valence-electron chi connectivity index (χ3n) is 4.87. The van der Waals surface area contributed by atoms with E-state index >= 15 is 0 Å². The fourth-order valence-electron chi connectivity index (χ4n) is 3.62. The van der Waals surface area contributed by atoms with Crippen molar-refractivity contribution in [3.05, 3.63) is 34.9 Å². The Bertz CT molecular complexity index is 736. The van der Waals surface area contributed by atoms with Gasteiger partial charge >= 0.3 is 0 Å². The average molecular weight is 387 g/mol. The predicted octanol–water partition coefficient (Wildman–Crippen LogP) is 1.53. The van der Waals surface area contributed by atoms with Crippen molar-refractivity contribution in [2.75, 3.05) is 26.5 Å². The lowest BCUT2D eigenvalue weighted by atomic mass is 10.1. The van der Waals surface area contributed by atoms with Gasteiger partial charge in [-0.3, -0.25) is 4.79 Å². The number of hydrogen-bond acceptors (Lipinski definition) is 4. The zero-order chi connectivity index (χ0) is 18.2. The third-order valence-corrected chi connectivity index (χ3v) is 7.01. The van der Waals surface area contributed by atoms with Crippen LogP contribution in [0.25, 0.3) is 0 Å². The number of ether oxygens (including phenoxy) is 1. The van der Waals surface area contributed by atoms with Crippen molar-refractivity contribution >= 4 is 27.5 Å². The first-order valence-electron chi connectivity index (χ1n) is 8.38. The molecule has 2 heterocycles. The first kappa shape index (κ1) is 18.6. The summed E-state index contributed by atoms with van der Waals surface area (Å²) in [4.78, 5) is 13.9. The molecule has 0 aromatic heterocycles. The van der Waals surface area contributed by atoms with Crippen LogP contribution in [0.3, 0.4) is 0 Å². The van der Waals surface area contributed by atoms with Gasteiger partial charge in [0.15, 0.2) is 0 Å². The van der Waals surface area contributed by atoms with E-state index < -0.39 is 16.1 Å². The molecule has 1 unspecified atom stereocenters. The van der Waals surface area contributed by atoms with Crippen LogP contribution in [0.15, 0.2) is 24.3 Å². The van der Waals surface area contributed by atoms with Gasteiger partial charge in [0.2, 0.25) is 15.9 Å². The Labute approximate surface area is 153 Å². The van der Waals surface area contributed by atoms with Crippen molar-refractivity contribution in [1.29, 1.82) is 0 Å². The highest BCUT2D eigenvalue weighted by molar-refractivity contribution is 7.89. The zero-order valence-electron chi connectivity index (χ0n) is 14.4. The van der Waals surface area contributed by atoms with Crippen LogP contribution in [0.4, 0.5) is 0 Å². The number of benzene rings is 1. The second-order valence-electron chi connectivity index (χ2n) is 6.77. The zero-order valence-corrected chi connectivity index (χ0v) is 16.0. The number of aryl methyl sites for hydroxylation is 1. The molecule has 2 aliphatic heterocycles. The lowest BCUT2D eigenvalue weighted by Crippen LogP contribution is -2.49. The summed E-state index contributed by atoms with van der Waals surface area (Å²) < 4.78 is 33.1. The highest BCUT2D eigenvalue weighted by atomic mass is 35.5. The fourth-order valence-corrected chi connectivity index (χ4v) is 5.67. The molecule has 8 heteroatoms. The minimum Gasteiger partial charge on any atom is -0.376 e. The molecule has 2 saturated heterocycles. The quantitative estimate of drug-likeness (QED) is 0.769. The van der Waals surface area contributed by atoms with E-state index in [9.17, 15) is 13.2 Å². The Morgan fingerprint density at radius 1 is 1.32 bits per heavy atom. The SMILES string of the molecule is CN(C)C(=O)C1C[C@@H]2OCC[C@@H]2N1S(=O)(=O)CCc1ccc(Cl)cc1. The summed E-state index contributed by atoms with van der Waals surface area (Å²) in [5, 5.41) is 0.619. The van der Waals surface area contributed by atoms with Crippen molar-refractivity contribution in [1.82, 2.24) is 9.21 Å². The number of halogens is 1. The van der Waals surface area contributed by atoms with Crippen LogP contribution in [0, 0.1) is 0 Å². The standard InChI is InChI=1S/C17H23ClN2O4S/c1-19(2)17(21)15-11-16-14(7-9-24-16)20(15)25(22,23)10-8-12-3-5-13(18)6-4-12/h3-6,14-16H,7-11H2,1-2H3/t14-,15?,16-/m0/s1. The van der Waals surface area contributed by atoms with Crippen LogP contribution in [0.2, 0.25) is 5.02 Å². The van der Waals surface area contributed by atoms with Crippen molar-refractivity contribution in [2.24, 2.45) is 0 Å². The van der Waals surface area contributed by atoms with E-state index in [4.69, 9.17) is 16.3 Å². The second-order valence-corrected chi connectivity index (χ2v) is 9.20. The van der Waals surface area contributed by atoms with Gasteiger partial charge in [0, 0.05) is 32.1 Å². The Balaban J connectivity index is 1.79. The van der Waals surface area contributed by atoms with Crippen LogP contribution in [-0.4, -0.2) is 68.2 Å². The largest absolute Gasteiger partial charge is 0.376 e. The van der Waals surface area contributed by atoms with E-state index in [-0.39, 0.29) is 23.8 Å². The molecular formula is C17H23ClN2O4S. The number of carbonyl (C=O) groups is 1. The first-order valence-corrected chi connectivity index (χ1v) is 10.4. The van der Waals surface area contributed by atoms with Crippen molar-refractivity contribution < 1.29 is 17.9 Å². The van der Waals surface area contributed by atoms with E-state index in [0.29, 0.717) is 30.9 Å². The molecule has 0 aliphatic carbocycles. The molecule has 138 valence electrons. The molecule has 6 nitrogen and oxygen atoms in total. The van der Waals surface area contributed by atoms with Gasteiger partial charge in [0.05, 0.1) is 17.9 Å². The molecule has 0 radical (unpaired) electrons. The van der Waals surface area contributed by atoms with E-state index in [0.717, 1.165) is 5.56 Å². The highest BCUT2D eigenvalue weighted by Gasteiger charge is 2.52. The molecule has 0 N–H and O–H groups in total. The number of likely N-dealkylation sites (N-methyl/N-ethyl adjacent to an activating group) is 1. The molecule has 2 fully saturated rings. The number of nitrogens with zero attached hydrogens (tertiary/aromatic N) is 2. The van der Waals surface area contributed by atoms with Crippen molar-refractivity contribution in [2.45, 2.75) is 37.5 Å². The van der Waals surface area contributed by atoms with E-state index in [1.165, 1.54) is 9.21 Å². The van der Waals surface area contributed by atoms with Crippen LogP contribution < -0.4 is 0 Å². The highest BCUT2D eigenvalue weighted by Crippen LogP contribution is 2.36. The first-order chi connectivity index (χ1) is 11.8. The molecule has 0 spiro atoms. The number of amides is 1. The molecule has 3 atom stereocenters. The van der Waals surface area contributed by atoms with Crippen LogP contribution in [0.1, 0.15) is 18.4 Å². The normalized spacial score (nSPS) is 26.6. The van der Waals surface area contributed by atoms with Gasteiger partial charge in [-0.2, -0.15) is 4.31 Å². The topological polar surface area (TPSA) is 66.9 Å². The monoisotopic (exact) mass is 386 g/mol. The summed E-state index contributed by atoms with van der Waals surface area (Å²) in [6.45, 7) is 0.543. The molecule has 1 aromatic rings. The summed E-state index contributed by atoms with van der Waals surface area (Å²) in [6, 6.07) is 6.25. The summed E-state index contributed by atoms with van der Waals surface area (Å²) in [5.41, 5.74) is 0.905. The van der Waals surface area contributed by atoms with Gasteiger partial charge in [0.1, 0.15) is 6.04 Å². The Morgan fingerprint density at radius 2 is 2.00 bits per heavy atom. The Hall–Kier alpha value is -1.15. The Morgan fingerprint density at radius 3 is 2.64 bits per heavy atom. The molecule has 0 saturated carbocycles. The van der Waals surface area contributed by atoms with Gasteiger partial charge in [0.25, 0.3) is 0 Å². The fraction of sp³-hybridized carbons (Fsp3) is 0.588. The third kappa shape index (κ3) is 3.84. The molecular weight excluding hydrogens is 364 g/mol. The van der Waals surface area contributed by atoms with E-state index in [1.807, 2.05) is 12.1 Å². The van der Waals surface area contributed by atoms with Crippen LogP contribution in [-0.2, 0) is 26.0 Å². The van der Waals surface area contributed by atoms with Gasteiger partial charge in [-0.25, -0.2) is 8.42 Å². The Kier molecular flexibility index (Phi) is 5.39. The van der Waals surface area contributed by atoms with Gasteiger partial charge in [-0.1, -0.05) is 23.7 Å². The smallest absolute Gasteiger partial charge is 0.240 e. The summed E-state index contributed by atoms with van der Waals surface area (Å²) in [6.07, 6.45) is 1.28. The van der Waals surface area contributed by atoms with E-state index in [2.05, 4.69) is 0 Å². The van der Waals surface area contributed by atoms with Crippen LogP contribution in [0.5, 0.6) is 0 Å². The maximum atomic E-state index is 13.0. The predicted molar refractivity (Wildman–Crippen MR) is 96.0 cm³/mol. The number of sulfonamides is 1. The lowest BCUT2D eigenvalue weighted by molar-refractivity contribution is -0.132. The molecule has 3 rings (SSSR count). The number of carbonyl (C=O) groups excluding carboxylic acids is 1. The minimum absolute atomic E-state index is 0.0327. The minimum atomic E-state index is -3.58. The lowest BCUT2D eigenvalue weighted by Gasteiger charge is -2.29. The summed E-state index contributed by atoms with van der Waals surface area (Å²) >= 11 is 5.87. The summed E-state index contributed by atoms with van der Waals surface area (Å²) in [5.74, 6) is -0.220. The van der Waals surface area contributed by atoms with Crippen molar-refractivity contribution in [3.8, 4) is 0 Å². The van der Waals surface area contributed by atoms with Gasteiger partial charge in [-0.05, 0) is 30.5 Å². The average Bonchev–Trinajstić information content (AvgIpc) is 3.14. The van der Waals surface area contributed by atoms with Crippen molar-refractivity contribution in [3.63, 3.8) is 0 Å². The van der Waals surface area contributed by atoms with Gasteiger partial charge in [-0.15, -0.1) is 0 Å². The second kappa shape index (κ2) is 7.23. The maximum Gasteiger partial charge on any atom is 0.240 e. The molecule has 25 heavy (non-hydrogen) atoms. The maximum absolute atomic E-state index is 13.0. The van der Waals surface area contributed by atoms with Gasteiger partial charge < -0.3 is 9.64 Å². The number of fused-ring (bicyclic) bond motifs is 1. The summed E-state index contributed by atoms with van der Waals surface area (Å²) in [7, 11) is -0.280. The number of hydrogen-bond donors (Lipinski definition) is 0. The molecule has 2 aliphatic rings.